The third-order valence-corrected chi connectivity index (χ3v) is 3.19. The summed E-state index contributed by atoms with van der Waals surface area (Å²) in [6.07, 6.45) is 11.9. The summed E-state index contributed by atoms with van der Waals surface area (Å²) >= 11 is 0. The normalized spacial score (nSPS) is 11.2. The third-order valence-electron chi connectivity index (χ3n) is 2.73. The van der Waals surface area contributed by atoms with Crippen molar-refractivity contribution >= 4 is 40.0 Å². The van der Waals surface area contributed by atoms with Gasteiger partial charge < -0.3 is 0 Å². The zero-order valence-electron chi connectivity index (χ0n) is 11.9. The Morgan fingerprint density at radius 3 is 1.83 bits per heavy atom. The minimum atomic E-state index is -4.23. The van der Waals surface area contributed by atoms with Gasteiger partial charge in [-0.1, -0.05) is 64.7 Å². The quantitative estimate of drug-likeness (QED) is 0.340. The fourth-order valence-corrected chi connectivity index (χ4v) is 2.08. The van der Waals surface area contributed by atoms with E-state index in [-0.39, 0.29) is 36.2 Å². The van der Waals surface area contributed by atoms with Crippen LogP contribution in [0.15, 0.2) is 0 Å². The summed E-state index contributed by atoms with van der Waals surface area (Å²) in [5.41, 5.74) is 0. The van der Waals surface area contributed by atoms with Gasteiger partial charge in [-0.05, 0) is 6.42 Å². The van der Waals surface area contributed by atoms with E-state index in [4.69, 9.17) is 4.55 Å². The van der Waals surface area contributed by atoms with Crippen LogP contribution in [0.25, 0.3) is 0 Å². The number of rotatable bonds is 12. The van der Waals surface area contributed by atoms with Crippen molar-refractivity contribution in [2.24, 2.45) is 0 Å². The van der Waals surface area contributed by atoms with Crippen LogP contribution < -0.4 is 0 Å². The Morgan fingerprint density at radius 1 is 0.944 bits per heavy atom. The second kappa shape index (κ2) is 14.3. The summed E-state index contributed by atoms with van der Waals surface area (Å²) in [5, 5.41) is 0. The predicted molar refractivity (Wildman–Crippen MR) is 75.1 cm³/mol. The molecule has 1 radical (unpaired) electrons. The van der Waals surface area contributed by atoms with E-state index in [0.717, 1.165) is 12.8 Å². The Labute approximate surface area is 134 Å². The Bertz CT molecular complexity index is 255. The molecular formula is C12H26NaO4S. The average molecular weight is 291 g/mol. The molecule has 0 bridgehead atoms. The van der Waals surface area contributed by atoms with Gasteiger partial charge in [0.15, 0.2) is 0 Å². The Morgan fingerprint density at radius 2 is 1.39 bits per heavy atom. The summed E-state index contributed by atoms with van der Waals surface area (Å²) in [6.45, 7) is 2.31. The first-order valence-corrected chi connectivity index (χ1v) is 8.04. The second-order valence-electron chi connectivity index (χ2n) is 4.43. The zero-order valence-corrected chi connectivity index (χ0v) is 14.7. The van der Waals surface area contributed by atoms with Crippen LogP contribution in [0.1, 0.15) is 71.1 Å². The topological polar surface area (TPSA) is 63.6 Å². The van der Waals surface area contributed by atoms with E-state index in [1.54, 1.807) is 0 Å². The van der Waals surface area contributed by atoms with Crippen molar-refractivity contribution in [1.82, 2.24) is 0 Å². The molecule has 4 nitrogen and oxygen atoms in total. The van der Waals surface area contributed by atoms with Gasteiger partial charge in [0.25, 0.3) is 0 Å². The van der Waals surface area contributed by atoms with E-state index in [1.807, 2.05) is 0 Å². The minimum absolute atomic E-state index is 0. The first-order valence-electron chi connectivity index (χ1n) is 6.68. The average Bonchev–Trinajstić information content (AvgIpc) is 2.24. The smallest absolute Gasteiger partial charge is 0.264 e. The maximum atomic E-state index is 10.2. The number of hydrogen-bond donors (Lipinski definition) is 1. The molecule has 0 aliphatic carbocycles. The summed E-state index contributed by atoms with van der Waals surface area (Å²) in [4.78, 5) is 0. The van der Waals surface area contributed by atoms with Gasteiger partial charge in [-0.2, -0.15) is 8.42 Å². The van der Waals surface area contributed by atoms with Gasteiger partial charge in [-0.25, -0.2) is 4.18 Å². The van der Waals surface area contributed by atoms with E-state index in [0.29, 0.717) is 6.42 Å². The molecular weight excluding hydrogens is 265 g/mol. The molecule has 0 amide bonds. The molecule has 0 aromatic rings. The van der Waals surface area contributed by atoms with Gasteiger partial charge in [0.1, 0.15) is 0 Å². The molecule has 1 N–H and O–H groups in total. The van der Waals surface area contributed by atoms with Crippen molar-refractivity contribution in [3.63, 3.8) is 0 Å². The molecule has 0 heterocycles. The van der Waals surface area contributed by atoms with E-state index >= 15 is 0 Å². The monoisotopic (exact) mass is 291 g/mol. The molecule has 0 aromatic heterocycles. The van der Waals surface area contributed by atoms with Crippen LogP contribution in [0.5, 0.6) is 0 Å². The van der Waals surface area contributed by atoms with E-state index < -0.39 is 10.4 Å². The molecule has 0 aliphatic rings. The molecule has 0 unspecified atom stereocenters. The summed E-state index contributed by atoms with van der Waals surface area (Å²) in [5.74, 6) is 0. The van der Waals surface area contributed by atoms with E-state index in [9.17, 15) is 8.42 Å². The van der Waals surface area contributed by atoms with E-state index in [2.05, 4.69) is 11.1 Å². The minimum Gasteiger partial charge on any atom is -0.264 e. The molecule has 0 saturated carbocycles. The van der Waals surface area contributed by atoms with Gasteiger partial charge in [0, 0.05) is 29.6 Å². The van der Waals surface area contributed by atoms with Gasteiger partial charge in [0.2, 0.25) is 0 Å². The molecule has 0 aliphatic heterocycles. The fourth-order valence-electron chi connectivity index (χ4n) is 1.75. The third kappa shape index (κ3) is 19.2. The molecule has 18 heavy (non-hydrogen) atoms. The van der Waals surface area contributed by atoms with Crippen LogP contribution in [0.3, 0.4) is 0 Å². The summed E-state index contributed by atoms with van der Waals surface area (Å²) < 4.78 is 33.0. The Kier molecular flexibility index (Phi) is 16.8. The van der Waals surface area contributed by atoms with Crippen molar-refractivity contribution in [3.8, 4) is 0 Å². The van der Waals surface area contributed by atoms with Crippen molar-refractivity contribution in [2.75, 3.05) is 6.61 Å². The van der Waals surface area contributed by atoms with Crippen molar-refractivity contribution in [2.45, 2.75) is 71.1 Å². The van der Waals surface area contributed by atoms with Crippen molar-refractivity contribution < 1.29 is 17.2 Å². The molecule has 6 heteroatoms. The first kappa shape index (κ1) is 21.2. The molecule has 0 atom stereocenters. The Balaban J connectivity index is 0. The summed E-state index contributed by atoms with van der Waals surface area (Å²) in [6, 6.07) is 0. The van der Waals surface area contributed by atoms with Crippen LogP contribution >= 0.6 is 0 Å². The van der Waals surface area contributed by atoms with Crippen LogP contribution in [0, 0.1) is 0 Å². The van der Waals surface area contributed by atoms with Gasteiger partial charge >= 0.3 is 10.4 Å². The summed E-state index contributed by atoms with van der Waals surface area (Å²) in [7, 11) is -4.23. The van der Waals surface area contributed by atoms with Crippen LogP contribution in [0.4, 0.5) is 0 Å². The number of unbranched alkanes of at least 4 members (excludes halogenated alkanes) is 9. The molecule has 105 valence electrons. The van der Waals surface area contributed by atoms with Gasteiger partial charge in [-0.15, -0.1) is 0 Å². The molecule has 0 fully saturated rings. The van der Waals surface area contributed by atoms with E-state index in [1.165, 1.54) is 44.9 Å². The predicted octanol–water partition coefficient (Wildman–Crippen LogP) is 3.35. The van der Waals surface area contributed by atoms with Gasteiger partial charge in [-0.3, -0.25) is 4.55 Å². The maximum Gasteiger partial charge on any atom is 0.397 e. The van der Waals surface area contributed by atoms with Crippen molar-refractivity contribution in [1.29, 1.82) is 0 Å². The fraction of sp³-hybridized carbons (Fsp3) is 1.00. The SMILES string of the molecule is CCCCCCCCCCC[14CH2]OS(=O)(=O)O.[Na]. The van der Waals surface area contributed by atoms with Crippen molar-refractivity contribution in [3.05, 3.63) is 0 Å². The zero-order chi connectivity index (χ0) is 13.0. The van der Waals surface area contributed by atoms with Crippen LogP contribution in [-0.2, 0) is 14.6 Å². The first-order chi connectivity index (χ1) is 8.06. The molecule has 0 spiro atoms. The largest absolute Gasteiger partial charge is 0.397 e. The molecule has 0 saturated heterocycles. The molecule has 0 rings (SSSR count). The molecule has 0 aromatic carbocycles. The van der Waals surface area contributed by atoms with Crippen LogP contribution in [0.2, 0.25) is 0 Å². The Hall–Kier alpha value is 0.870. The van der Waals surface area contributed by atoms with Crippen LogP contribution in [-0.4, -0.2) is 49.1 Å². The standard InChI is InChI=1S/C12H26O4S.Na/c1-2-3-4-5-6-7-8-9-10-11-12-16-17(13,14)15;/h2-12H2,1H3,(H,13,14,15);/i12+2;. The van der Waals surface area contributed by atoms with Gasteiger partial charge in [0.05, 0.1) is 6.61 Å². The maximum absolute atomic E-state index is 10.2. The second-order valence-corrected chi connectivity index (χ2v) is 5.52. The number of hydrogen-bond acceptors (Lipinski definition) is 3.